The van der Waals surface area contributed by atoms with Gasteiger partial charge in [0.25, 0.3) is 0 Å². The van der Waals surface area contributed by atoms with Crippen LogP contribution in [0.3, 0.4) is 0 Å². The van der Waals surface area contributed by atoms with Crippen molar-refractivity contribution in [2.75, 3.05) is 0 Å². The van der Waals surface area contributed by atoms with Crippen molar-refractivity contribution in [1.82, 2.24) is 0 Å². The first-order valence-corrected chi connectivity index (χ1v) is 7.20. The van der Waals surface area contributed by atoms with Gasteiger partial charge in [0.05, 0.1) is 4.92 Å². The van der Waals surface area contributed by atoms with Gasteiger partial charge < -0.3 is 5.73 Å². The summed E-state index contributed by atoms with van der Waals surface area (Å²) in [4.78, 5) is 10.1. The van der Waals surface area contributed by atoms with E-state index in [4.69, 9.17) is 5.73 Å². The Morgan fingerprint density at radius 2 is 2.20 bits per heavy atom. The van der Waals surface area contributed by atoms with Gasteiger partial charge in [0, 0.05) is 12.1 Å². The molecule has 2 N–H and O–H groups in total. The summed E-state index contributed by atoms with van der Waals surface area (Å²) in [5.74, 6) is 0.148. The molecule has 110 valence electrons. The lowest BCUT2D eigenvalue weighted by molar-refractivity contribution is -0.387. The minimum Gasteiger partial charge on any atom is -0.327 e. The van der Waals surface area contributed by atoms with Crippen molar-refractivity contribution in [1.29, 1.82) is 0 Å². The van der Waals surface area contributed by atoms with Crippen molar-refractivity contribution in [3.05, 3.63) is 39.7 Å². The van der Waals surface area contributed by atoms with Gasteiger partial charge in [-0.3, -0.25) is 10.1 Å². The van der Waals surface area contributed by atoms with Crippen LogP contribution in [0, 0.1) is 27.8 Å². The topological polar surface area (TPSA) is 69.2 Å². The molecule has 0 saturated heterocycles. The number of nitrogens with zero attached hydrogens (tertiary/aromatic N) is 1. The molecule has 1 fully saturated rings. The first-order valence-electron chi connectivity index (χ1n) is 7.20. The molecule has 1 aromatic rings. The lowest BCUT2D eigenvalue weighted by atomic mass is 9.75. The van der Waals surface area contributed by atoms with Crippen LogP contribution < -0.4 is 5.73 Å². The SMILES string of the molecule is CCC1CCC(N)C(Cc2cccc([N+](=O)[O-])c2F)C1. The molecule has 1 aromatic carbocycles. The summed E-state index contributed by atoms with van der Waals surface area (Å²) in [6.07, 6.45) is 4.68. The summed E-state index contributed by atoms with van der Waals surface area (Å²) in [6, 6.07) is 4.44. The van der Waals surface area contributed by atoms with E-state index in [-0.39, 0.29) is 12.0 Å². The molecule has 0 spiro atoms. The Kier molecular flexibility index (Phi) is 4.70. The van der Waals surface area contributed by atoms with Gasteiger partial charge in [-0.1, -0.05) is 25.5 Å². The molecule has 1 aliphatic rings. The molecule has 1 aliphatic carbocycles. The lowest BCUT2D eigenvalue weighted by Gasteiger charge is -2.33. The molecule has 3 unspecified atom stereocenters. The smallest absolute Gasteiger partial charge is 0.305 e. The fourth-order valence-corrected chi connectivity index (χ4v) is 3.14. The fraction of sp³-hybridized carbons (Fsp3) is 0.600. The van der Waals surface area contributed by atoms with E-state index in [1.165, 1.54) is 6.07 Å². The van der Waals surface area contributed by atoms with Gasteiger partial charge in [-0.05, 0) is 43.1 Å². The number of nitrogens with two attached hydrogens (primary N) is 1. The second-order valence-corrected chi connectivity index (χ2v) is 5.72. The lowest BCUT2D eigenvalue weighted by Crippen LogP contribution is -2.37. The number of nitro benzene ring substituents is 1. The number of hydrogen-bond acceptors (Lipinski definition) is 3. The highest BCUT2D eigenvalue weighted by Crippen LogP contribution is 2.33. The molecule has 20 heavy (non-hydrogen) atoms. The van der Waals surface area contributed by atoms with Crippen molar-refractivity contribution in [3.63, 3.8) is 0 Å². The largest absolute Gasteiger partial charge is 0.327 e. The minimum absolute atomic E-state index is 0.0662. The Hall–Kier alpha value is -1.49. The van der Waals surface area contributed by atoms with Crippen molar-refractivity contribution < 1.29 is 9.31 Å². The van der Waals surface area contributed by atoms with E-state index in [1.807, 2.05) is 0 Å². The minimum atomic E-state index is -0.705. The molecule has 0 aliphatic heterocycles. The van der Waals surface area contributed by atoms with E-state index in [2.05, 4.69) is 6.92 Å². The summed E-state index contributed by atoms with van der Waals surface area (Å²) < 4.78 is 14.1. The summed E-state index contributed by atoms with van der Waals surface area (Å²) in [5.41, 5.74) is 6.10. The predicted octanol–water partition coefficient (Wildman–Crippen LogP) is 3.43. The monoisotopic (exact) mass is 280 g/mol. The van der Waals surface area contributed by atoms with Crippen LogP contribution in [0.25, 0.3) is 0 Å². The van der Waals surface area contributed by atoms with E-state index < -0.39 is 16.4 Å². The Morgan fingerprint density at radius 3 is 2.85 bits per heavy atom. The van der Waals surface area contributed by atoms with E-state index in [1.54, 1.807) is 12.1 Å². The highest BCUT2D eigenvalue weighted by atomic mass is 19.1. The molecule has 0 amide bonds. The van der Waals surface area contributed by atoms with Gasteiger partial charge in [-0.15, -0.1) is 0 Å². The average Bonchev–Trinajstić information content (AvgIpc) is 2.43. The Bertz CT molecular complexity index is 493. The maximum atomic E-state index is 14.1. The zero-order valence-corrected chi connectivity index (χ0v) is 11.7. The van der Waals surface area contributed by atoms with Gasteiger partial charge in [-0.2, -0.15) is 4.39 Å². The molecule has 4 nitrogen and oxygen atoms in total. The Labute approximate surface area is 118 Å². The fourth-order valence-electron chi connectivity index (χ4n) is 3.14. The number of halogens is 1. The third-order valence-electron chi connectivity index (χ3n) is 4.46. The second kappa shape index (κ2) is 6.31. The highest BCUT2D eigenvalue weighted by molar-refractivity contribution is 5.37. The zero-order chi connectivity index (χ0) is 14.7. The summed E-state index contributed by atoms with van der Waals surface area (Å²) in [5, 5.41) is 10.8. The number of hydrogen-bond donors (Lipinski definition) is 1. The molecule has 1 saturated carbocycles. The van der Waals surface area contributed by atoms with Crippen LogP contribution in [0.2, 0.25) is 0 Å². The quantitative estimate of drug-likeness (QED) is 0.678. The number of benzene rings is 1. The highest BCUT2D eigenvalue weighted by Gasteiger charge is 2.29. The van der Waals surface area contributed by atoms with Crippen LogP contribution in [-0.4, -0.2) is 11.0 Å². The Balaban J connectivity index is 2.16. The number of rotatable bonds is 4. The molecular formula is C15H21FN2O2. The maximum Gasteiger partial charge on any atom is 0.305 e. The average molecular weight is 280 g/mol. The summed E-state index contributed by atoms with van der Waals surface area (Å²) in [7, 11) is 0. The normalized spacial score (nSPS) is 26.4. The zero-order valence-electron chi connectivity index (χ0n) is 11.7. The van der Waals surface area contributed by atoms with E-state index >= 15 is 0 Å². The Morgan fingerprint density at radius 1 is 1.45 bits per heavy atom. The molecule has 0 bridgehead atoms. The first kappa shape index (κ1) is 14.9. The first-order chi connectivity index (χ1) is 9.52. The summed E-state index contributed by atoms with van der Waals surface area (Å²) in [6.45, 7) is 2.16. The van der Waals surface area contributed by atoms with E-state index in [0.29, 0.717) is 17.9 Å². The van der Waals surface area contributed by atoms with Crippen LogP contribution in [0.15, 0.2) is 18.2 Å². The summed E-state index contributed by atoms with van der Waals surface area (Å²) >= 11 is 0. The van der Waals surface area contributed by atoms with Crippen LogP contribution >= 0.6 is 0 Å². The van der Waals surface area contributed by atoms with E-state index in [9.17, 15) is 14.5 Å². The molecule has 3 atom stereocenters. The number of nitro groups is 1. The second-order valence-electron chi connectivity index (χ2n) is 5.72. The molecular weight excluding hydrogens is 259 g/mol. The van der Waals surface area contributed by atoms with Gasteiger partial charge in [0.1, 0.15) is 0 Å². The molecule has 0 radical (unpaired) electrons. The van der Waals surface area contributed by atoms with Crippen molar-refractivity contribution in [2.45, 2.75) is 45.1 Å². The van der Waals surface area contributed by atoms with Crippen LogP contribution in [0.4, 0.5) is 10.1 Å². The maximum absolute atomic E-state index is 14.1. The van der Waals surface area contributed by atoms with Gasteiger partial charge in [0.15, 0.2) is 0 Å². The van der Waals surface area contributed by atoms with Gasteiger partial charge in [-0.25, -0.2) is 0 Å². The molecule has 0 aromatic heterocycles. The van der Waals surface area contributed by atoms with Gasteiger partial charge in [0.2, 0.25) is 5.82 Å². The third-order valence-corrected chi connectivity index (χ3v) is 4.46. The van der Waals surface area contributed by atoms with Gasteiger partial charge >= 0.3 is 5.69 Å². The van der Waals surface area contributed by atoms with Crippen LogP contribution in [0.1, 0.15) is 38.2 Å². The van der Waals surface area contributed by atoms with Crippen LogP contribution in [0.5, 0.6) is 0 Å². The molecule has 5 heteroatoms. The van der Waals surface area contributed by atoms with E-state index in [0.717, 1.165) is 25.7 Å². The molecule has 0 heterocycles. The standard InChI is InChI=1S/C15H21FN2O2/c1-2-10-6-7-13(17)12(8-10)9-11-4-3-5-14(15(11)16)18(19)20/h3-5,10,12-13H,2,6-9,17H2,1H3. The van der Waals surface area contributed by atoms with Crippen LogP contribution in [-0.2, 0) is 6.42 Å². The molecule has 2 rings (SSSR count). The van der Waals surface area contributed by atoms with Crippen molar-refractivity contribution >= 4 is 5.69 Å². The predicted molar refractivity (Wildman–Crippen MR) is 75.9 cm³/mol. The van der Waals surface area contributed by atoms with Crippen molar-refractivity contribution in [3.8, 4) is 0 Å². The van der Waals surface area contributed by atoms with Crippen molar-refractivity contribution in [2.24, 2.45) is 17.6 Å². The third kappa shape index (κ3) is 3.15.